The molecule has 0 atom stereocenters. The maximum atomic E-state index is 12.7. The van der Waals surface area contributed by atoms with E-state index < -0.39 is 10.0 Å². The van der Waals surface area contributed by atoms with Gasteiger partial charge >= 0.3 is 0 Å². The molecule has 3 aromatic rings. The van der Waals surface area contributed by atoms with E-state index in [1.54, 1.807) is 29.3 Å². The zero-order valence-electron chi connectivity index (χ0n) is 15.1. The molecule has 0 unspecified atom stereocenters. The molecule has 1 aromatic carbocycles. The van der Waals surface area contributed by atoms with Crippen LogP contribution in [-0.4, -0.2) is 43.0 Å². The summed E-state index contributed by atoms with van der Waals surface area (Å²) in [6.07, 6.45) is 3.03. The molecule has 1 fully saturated rings. The number of piperidine rings is 1. The third-order valence-electron chi connectivity index (χ3n) is 4.75. The number of benzene rings is 1. The quantitative estimate of drug-likeness (QED) is 0.588. The molecule has 1 N–H and O–H groups in total. The fraction of sp³-hybridized carbons (Fsp3) is 0.333. The fourth-order valence-corrected chi connectivity index (χ4v) is 7.38. The molecule has 1 saturated heterocycles. The van der Waals surface area contributed by atoms with E-state index in [1.807, 2.05) is 24.5 Å². The van der Waals surface area contributed by atoms with Gasteiger partial charge in [-0.3, -0.25) is 4.79 Å². The van der Waals surface area contributed by atoms with E-state index in [-0.39, 0.29) is 11.8 Å². The topological polar surface area (TPSA) is 79.4 Å². The first-order chi connectivity index (χ1) is 13.5. The molecule has 1 aliphatic rings. The van der Waals surface area contributed by atoms with E-state index in [0.29, 0.717) is 35.3 Å². The third kappa shape index (κ3) is 3.84. The first-order valence-electron chi connectivity index (χ1n) is 8.77. The first-order valence-corrected chi connectivity index (χ1v) is 13.1. The van der Waals surface area contributed by atoms with Crippen molar-refractivity contribution in [1.82, 2.24) is 9.29 Å². The van der Waals surface area contributed by atoms with Crippen molar-refractivity contribution in [2.45, 2.75) is 21.9 Å². The molecule has 0 spiro atoms. The number of hydrogen-bond acceptors (Lipinski definition) is 7. The van der Waals surface area contributed by atoms with Crippen molar-refractivity contribution in [2.75, 3.05) is 24.7 Å². The van der Waals surface area contributed by atoms with E-state index in [2.05, 4.69) is 10.3 Å². The number of carbonyl (C=O) groups excluding carboxylic acids is 1. The average molecular weight is 454 g/mol. The largest absolute Gasteiger partial charge is 0.302 e. The van der Waals surface area contributed by atoms with Gasteiger partial charge in [0.15, 0.2) is 5.13 Å². The van der Waals surface area contributed by atoms with E-state index in [0.717, 1.165) is 15.1 Å². The van der Waals surface area contributed by atoms with Gasteiger partial charge in [-0.15, -0.1) is 23.1 Å². The minimum absolute atomic E-state index is 0.0853. The van der Waals surface area contributed by atoms with Gasteiger partial charge in [0.25, 0.3) is 10.0 Å². The number of nitrogens with zero attached hydrogens (tertiary/aromatic N) is 2. The minimum atomic E-state index is -3.44. The zero-order valence-corrected chi connectivity index (χ0v) is 18.4. The maximum absolute atomic E-state index is 12.7. The first kappa shape index (κ1) is 19.8. The Bertz CT molecular complexity index is 1080. The number of hydrogen-bond donors (Lipinski definition) is 1. The number of thioether (sulfide) groups is 1. The molecule has 28 heavy (non-hydrogen) atoms. The van der Waals surface area contributed by atoms with Crippen molar-refractivity contribution < 1.29 is 13.2 Å². The molecule has 10 heteroatoms. The van der Waals surface area contributed by atoms with Crippen LogP contribution in [0.4, 0.5) is 5.13 Å². The van der Waals surface area contributed by atoms with Crippen LogP contribution in [0.25, 0.3) is 10.2 Å². The highest BCUT2D eigenvalue weighted by Gasteiger charge is 2.32. The summed E-state index contributed by atoms with van der Waals surface area (Å²) in [4.78, 5) is 18.3. The van der Waals surface area contributed by atoms with Crippen LogP contribution in [0.2, 0.25) is 0 Å². The van der Waals surface area contributed by atoms with Gasteiger partial charge in [-0.25, -0.2) is 13.4 Å². The lowest BCUT2D eigenvalue weighted by Crippen LogP contribution is -2.41. The van der Waals surface area contributed by atoms with Crippen LogP contribution in [0.3, 0.4) is 0 Å². The van der Waals surface area contributed by atoms with Gasteiger partial charge in [-0.05, 0) is 42.7 Å². The van der Waals surface area contributed by atoms with Crippen molar-refractivity contribution in [3.8, 4) is 0 Å². The summed E-state index contributed by atoms with van der Waals surface area (Å²) in [7, 11) is -3.44. The molecule has 0 aliphatic carbocycles. The molecule has 4 rings (SSSR count). The molecule has 0 radical (unpaired) electrons. The molecule has 2 aromatic heterocycles. The van der Waals surface area contributed by atoms with Crippen LogP contribution in [0.1, 0.15) is 12.8 Å². The van der Waals surface area contributed by atoms with Crippen LogP contribution >= 0.6 is 34.4 Å². The smallest absolute Gasteiger partial charge is 0.252 e. The number of aromatic nitrogens is 1. The lowest BCUT2D eigenvalue weighted by molar-refractivity contribution is -0.120. The molecular formula is C18H19N3O3S4. The number of para-hydroxylation sites is 1. The summed E-state index contributed by atoms with van der Waals surface area (Å²) in [5, 5.41) is 5.28. The predicted molar refractivity (Wildman–Crippen MR) is 116 cm³/mol. The van der Waals surface area contributed by atoms with Gasteiger partial charge in [0.2, 0.25) is 5.91 Å². The van der Waals surface area contributed by atoms with Gasteiger partial charge in [-0.2, -0.15) is 4.31 Å². The number of nitrogens with one attached hydrogen (secondary N) is 1. The number of sulfonamides is 1. The molecule has 3 heterocycles. The fourth-order valence-electron chi connectivity index (χ4n) is 3.24. The Morgan fingerprint density at radius 1 is 1.25 bits per heavy atom. The molecule has 148 valence electrons. The third-order valence-corrected chi connectivity index (χ3v) is 9.72. The highest BCUT2D eigenvalue weighted by atomic mass is 32.2. The van der Waals surface area contributed by atoms with Crippen molar-refractivity contribution in [3.05, 3.63) is 35.7 Å². The standard InChI is InChI=1S/C18H19N3O3S4/c1-25-13-4-2-5-14-16(13)19-18(27-14)20-17(22)12-7-9-21(10-8-12)28(23,24)15-6-3-11-26-15/h2-6,11-12H,7-10H2,1H3,(H,19,20,22). The van der Waals surface area contributed by atoms with Crippen molar-refractivity contribution in [3.63, 3.8) is 0 Å². The Labute approximate surface area is 176 Å². The van der Waals surface area contributed by atoms with Crippen LogP contribution in [0, 0.1) is 5.92 Å². The Morgan fingerprint density at radius 3 is 2.71 bits per heavy atom. The number of thiazole rings is 1. The summed E-state index contributed by atoms with van der Waals surface area (Å²) in [6.45, 7) is 0.712. The van der Waals surface area contributed by atoms with Crippen molar-refractivity contribution in [1.29, 1.82) is 0 Å². The van der Waals surface area contributed by atoms with Gasteiger partial charge in [0, 0.05) is 23.9 Å². The monoisotopic (exact) mass is 453 g/mol. The Hall–Kier alpha value is -1.46. The SMILES string of the molecule is CSc1cccc2sc(NC(=O)C3CCN(S(=O)(=O)c4cccs4)CC3)nc12. The van der Waals surface area contributed by atoms with E-state index in [1.165, 1.54) is 27.0 Å². The summed E-state index contributed by atoms with van der Waals surface area (Å²) in [6, 6.07) is 9.35. The van der Waals surface area contributed by atoms with E-state index in [4.69, 9.17) is 0 Å². The average Bonchev–Trinajstić information content (AvgIpc) is 3.37. The van der Waals surface area contributed by atoms with Crippen molar-refractivity contribution in [2.24, 2.45) is 5.92 Å². The van der Waals surface area contributed by atoms with Crippen molar-refractivity contribution >= 4 is 65.7 Å². The zero-order chi connectivity index (χ0) is 19.7. The van der Waals surface area contributed by atoms with Crippen LogP contribution in [0.5, 0.6) is 0 Å². The number of fused-ring (bicyclic) bond motifs is 1. The van der Waals surface area contributed by atoms with Gasteiger partial charge in [0.1, 0.15) is 4.21 Å². The lowest BCUT2D eigenvalue weighted by Gasteiger charge is -2.29. The Morgan fingerprint density at radius 2 is 2.04 bits per heavy atom. The molecule has 6 nitrogen and oxygen atoms in total. The number of thiophene rings is 1. The predicted octanol–water partition coefficient (Wildman–Crippen LogP) is 4.12. The number of rotatable bonds is 5. The molecule has 0 bridgehead atoms. The second-order valence-electron chi connectivity index (χ2n) is 6.43. The maximum Gasteiger partial charge on any atom is 0.252 e. The molecular weight excluding hydrogens is 434 g/mol. The summed E-state index contributed by atoms with van der Waals surface area (Å²) in [5.74, 6) is -0.292. The Kier molecular flexibility index (Phi) is 5.75. The van der Waals surface area contributed by atoms with E-state index >= 15 is 0 Å². The second kappa shape index (κ2) is 8.11. The van der Waals surface area contributed by atoms with Crippen LogP contribution in [-0.2, 0) is 14.8 Å². The number of anilines is 1. The summed E-state index contributed by atoms with van der Waals surface area (Å²) in [5.41, 5.74) is 0.909. The second-order valence-corrected chi connectivity index (χ2v) is 11.4. The number of amides is 1. The van der Waals surface area contributed by atoms with E-state index in [9.17, 15) is 13.2 Å². The van der Waals surface area contributed by atoms with Gasteiger partial charge in [0.05, 0.1) is 10.2 Å². The lowest BCUT2D eigenvalue weighted by atomic mass is 9.97. The highest BCUT2D eigenvalue weighted by Crippen LogP contribution is 2.33. The van der Waals surface area contributed by atoms with Gasteiger partial charge in [-0.1, -0.05) is 23.5 Å². The Balaban J connectivity index is 1.41. The van der Waals surface area contributed by atoms with Crippen LogP contribution in [0.15, 0.2) is 44.8 Å². The highest BCUT2D eigenvalue weighted by molar-refractivity contribution is 7.98. The van der Waals surface area contributed by atoms with Crippen LogP contribution < -0.4 is 5.32 Å². The van der Waals surface area contributed by atoms with Gasteiger partial charge < -0.3 is 5.32 Å². The molecule has 0 saturated carbocycles. The number of carbonyl (C=O) groups is 1. The molecule has 1 aliphatic heterocycles. The summed E-state index contributed by atoms with van der Waals surface area (Å²) >= 11 is 4.31. The normalized spacial score (nSPS) is 16.5. The summed E-state index contributed by atoms with van der Waals surface area (Å²) < 4.78 is 28.1. The minimum Gasteiger partial charge on any atom is -0.302 e. The molecule has 1 amide bonds.